The van der Waals surface area contributed by atoms with E-state index in [0.29, 0.717) is 17.8 Å². The average Bonchev–Trinajstić information content (AvgIpc) is 3.41. The Labute approximate surface area is 212 Å². The van der Waals surface area contributed by atoms with E-state index in [4.69, 9.17) is 4.98 Å². The molecule has 0 spiro atoms. The molecule has 7 heteroatoms. The Morgan fingerprint density at radius 1 is 0.971 bits per heavy atom. The van der Waals surface area contributed by atoms with E-state index < -0.39 is 0 Å². The van der Waals surface area contributed by atoms with Gasteiger partial charge in [0, 0.05) is 33.8 Å². The number of benzene rings is 2. The summed E-state index contributed by atoms with van der Waals surface area (Å²) >= 11 is 3.42. The molecule has 0 bridgehead atoms. The number of rotatable bonds is 5. The lowest BCUT2D eigenvalue weighted by molar-refractivity contribution is -0.117. The largest absolute Gasteiger partial charge is 0.322 e. The predicted molar refractivity (Wildman–Crippen MR) is 141 cm³/mol. The highest BCUT2D eigenvalue weighted by Gasteiger charge is 2.25. The summed E-state index contributed by atoms with van der Waals surface area (Å²) < 4.78 is 2.83. The Morgan fingerprint density at radius 3 is 2.51 bits per heavy atom. The summed E-state index contributed by atoms with van der Waals surface area (Å²) in [5, 5.41) is 2.96. The molecule has 0 saturated carbocycles. The van der Waals surface area contributed by atoms with Gasteiger partial charge in [-0.3, -0.25) is 9.59 Å². The predicted octanol–water partition coefficient (Wildman–Crippen LogP) is 5.64. The number of hydrogen-bond donors (Lipinski definition) is 1. The normalized spacial score (nSPS) is 12.5. The standard InChI is InChI=1S/C28H25BrN4O2/c1-18-10-11-19(2)33(18)26-9-5-6-21(30-26)17-27(34)32-15-14-20-16-22(12-13-25(20)32)31-28(35)23-7-3-4-8-24(23)29/h3-13,16H,14-15,17H2,1-2H3,(H,31,35). The zero-order valence-electron chi connectivity index (χ0n) is 19.6. The highest BCUT2D eigenvalue weighted by atomic mass is 79.9. The molecule has 0 fully saturated rings. The molecule has 2 amide bonds. The van der Waals surface area contributed by atoms with Gasteiger partial charge in [-0.05, 0) is 96.4 Å². The van der Waals surface area contributed by atoms with Gasteiger partial charge in [0.15, 0.2) is 0 Å². The first kappa shape index (κ1) is 23.1. The van der Waals surface area contributed by atoms with Crippen molar-refractivity contribution in [3.63, 3.8) is 0 Å². The van der Waals surface area contributed by atoms with Crippen LogP contribution in [0, 0.1) is 13.8 Å². The second-order valence-electron chi connectivity index (χ2n) is 8.69. The topological polar surface area (TPSA) is 67.2 Å². The maximum atomic E-state index is 13.2. The summed E-state index contributed by atoms with van der Waals surface area (Å²) in [5.74, 6) is 0.657. The third-order valence-electron chi connectivity index (χ3n) is 6.28. The van der Waals surface area contributed by atoms with Crippen molar-refractivity contribution in [3.8, 4) is 5.82 Å². The van der Waals surface area contributed by atoms with Crippen LogP contribution in [0.3, 0.4) is 0 Å². The number of pyridine rings is 1. The fourth-order valence-corrected chi connectivity index (χ4v) is 5.02. The number of fused-ring (bicyclic) bond motifs is 1. The highest BCUT2D eigenvalue weighted by Crippen LogP contribution is 2.31. The Bertz CT molecular complexity index is 1420. The molecule has 0 atom stereocenters. The minimum atomic E-state index is -0.178. The molecule has 6 nitrogen and oxygen atoms in total. The van der Waals surface area contributed by atoms with E-state index in [1.54, 1.807) is 6.07 Å². The van der Waals surface area contributed by atoms with E-state index in [-0.39, 0.29) is 18.2 Å². The Hall–Kier alpha value is -3.71. The van der Waals surface area contributed by atoms with Crippen LogP contribution in [-0.4, -0.2) is 27.9 Å². The van der Waals surface area contributed by atoms with E-state index >= 15 is 0 Å². The Morgan fingerprint density at radius 2 is 1.74 bits per heavy atom. The lowest BCUT2D eigenvalue weighted by Crippen LogP contribution is -2.30. The van der Waals surface area contributed by atoms with Crippen LogP contribution in [0.4, 0.5) is 11.4 Å². The fraction of sp³-hybridized carbons (Fsp3) is 0.179. The maximum absolute atomic E-state index is 13.2. The van der Waals surface area contributed by atoms with Crippen LogP contribution >= 0.6 is 15.9 Å². The van der Waals surface area contributed by atoms with Crippen LogP contribution < -0.4 is 10.2 Å². The maximum Gasteiger partial charge on any atom is 0.256 e. The number of aryl methyl sites for hydroxylation is 2. The molecule has 176 valence electrons. The van der Waals surface area contributed by atoms with E-state index in [2.05, 4.69) is 37.9 Å². The smallest absolute Gasteiger partial charge is 0.256 e. The first-order chi connectivity index (χ1) is 16.9. The molecule has 0 unspecified atom stereocenters. The number of nitrogens with one attached hydrogen (secondary N) is 1. The van der Waals surface area contributed by atoms with Gasteiger partial charge in [-0.15, -0.1) is 0 Å². The second kappa shape index (κ2) is 9.50. The zero-order valence-corrected chi connectivity index (χ0v) is 21.2. The number of halogens is 1. The molecule has 3 heterocycles. The van der Waals surface area contributed by atoms with Crippen molar-refractivity contribution < 1.29 is 9.59 Å². The molecule has 1 aliphatic heterocycles. The van der Waals surface area contributed by atoms with Crippen LogP contribution in [-0.2, 0) is 17.6 Å². The number of anilines is 2. The van der Waals surface area contributed by atoms with Crippen LogP contribution in [0.1, 0.15) is 33.0 Å². The lowest BCUT2D eigenvalue weighted by atomic mass is 10.1. The van der Waals surface area contributed by atoms with Gasteiger partial charge in [0.25, 0.3) is 5.91 Å². The van der Waals surface area contributed by atoms with Crippen molar-refractivity contribution in [1.29, 1.82) is 0 Å². The monoisotopic (exact) mass is 528 g/mol. The van der Waals surface area contributed by atoms with E-state index in [1.165, 1.54) is 0 Å². The number of carbonyl (C=O) groups is 2. The third-order valence-corrected chi connectivity index (χ3v) is 6.97. The Balaban J connectivity index is 1.30. The fourth-order valence-electron chi connectivity index (χ4n) is 4.55. The molecular formula is C28H25BrN4O2. The number of carbonyl (C=O) groups excluding carboxylic acids is 2. The number of nitrogens with zero attached hydrogens (tertiary/aromatic N) is 3. The molecule has 1 aliphatic rings. The van der Waals surface area contributed by atoms with Crippen molar-refractivity contribution >= 4 is 39.1 Å². The van der Waals surface area contributed by atoms with Crippen LogP contribution in [0.2, 0.25) is 0 Å². The summed E-state index contributed by atoms with van der Waals surface area (Å²) in [4.78, 5) is 32.4. The van der Waals surface area contributed by atoms with Gasteiger partial charge in [-0.25, -0.2) is 4.98 Å². The summed E-state index contributed by atoms with van der Waals surface area (Å²) in [6, 6.07) is 22.9. The zero-order chi connectivity index (χ0) is 24.5. The Kier molecular flexibility index (Phi) is 6.26. The molecule has 0 aliphatic carbocycles. The van der Waals surface area contributed by atoms with Gasteiger partial charge >= 0.3 is 0 Å². The molecule has 2 aromatic carbocycles. The number of aromatic nitrogens is 2. The molecule has 0 radical (unpaired) electrons. The summed E-state index contributed by atoms with van der Waals surface area (Å²) in [5.41, 5.74) is 6.18. The van der Waals surface area contributed by atoms with Crippen molar-refractivity contribution in [2.24, 2.45) is 0 Å². The summed E-state index contributed by atoms with van der Waals surface area (Å²) in [6.45, 7) is 4.71. The van der Waals surface area contributed by atoms with Crippen molar-refractivity contribution in [2.45, 2.75) is 26.7 Å². The summed E-state index contributed by atoms with van der Waals surface area (Å²) in [7, 11) is 0. The second-order valence-corrected chi connectivity index (χ2v) is 9.54. The van der Waals surface area contributed by atoms with Gasteiger partial charge < -0.3 is 14.8 Å². The summed E-state index contributed by atoms with van der Waals surface area (Å²) in [6.07, 6.45) is 0.974. The van der Waals surface area contributed by atoms with Crippen molar-refractivity contribution in [3.05, 3.63) is 105 Å². The molecule has 4 aromatic rings. The number of hydrogen-bond acceptors (Lipinski definition) is 3. The third kappa shape index (κ3) is 4.64. The van der Waals surface area contributed by atoms with Gasteiger partial charge in [-0.2, -0.15) is 0 Å². The first-order valence-electron chi connectivity index (χ1n) is 11.5. The van der Waals surface area contributed by atoms with E-state index in [1.807, 2.05) is 73.3 Å². The van der Waals surface area contributed by atoms with Crippen molar-refractivity contribution in [1.82, 2.24) is 9.55 Å². The molecule has 5 rings (SSSR count). The van der Waals surface area contributed by atoms with Gasteiger partial charge in [-0.1, -0.05) is 18.2 Å². The van der Waals surface area contributed by atoms with E-state index in [0.717, 1.165) is 45.0 Å². The average molecular weight is 529 g/mol. The SMILES string of the molecule is Cc1ccc(C)n1-c1cccc(CC(=O)N2CCc3cc(NC(=O)c4ccccc4Br)ccc32)n1. The molecule has 2 aromatic heterocycles. The molecule has 1 N–H and O–H groups in total. The number of amides is 2. The van der Waals surface area contributed by atoms with Gasteiger partial charge in [0.2, 0.25) is 5.91 Å². The van der Waals surface area contributed by atoms with Gasteiger partial charge in [0.05, 0.1) is 17.7 Å². The highest BCUT2D eigenvalue weighted by molar-refractivity contribution is 9.10. The first-order valence-corrected chi connectivity index (χ1v) is 12.3. The van der Waals surface area contributed by atoms with Gasteiger partial charge in [0.1, 0.15) is 5.82 Å². The van der Waals surface area contributed by atoms with Crippen molar-refractivity contribution in [2.75, 3.05) is 16.8 Å². The van der Waals surface area contributed by atoms with Crippen LogP contribution in [0.25, 0.3) is 5.82 Å². The quantitative estimate of drug-likeness (QED) is 0.364. The molecular weight excluding hydrogens is 504 g/mol. The molecule has 0 saturated heterocycles. The lowest BCUT2D eigenvalue weighted by Gasteiger charge is -2.18. The van der Waals surface area contributed by atoms with Crippen LogP contribution in [0.15, 0.2) is 77.3 Å². The van der Waals surface area contributed by atoms with E-state index in [9.17, 15) is 9.59 Å². The minimum absolute atomic E-state index is 0.0133. The molecule has 35 heavy (non-hydrogen) atoms. The van der Waals surface area contributed by atoms with Crippen LogP contribution in [0.5, 0.6) is 0 Å². The minimum Gasteiger partial charge on any atom is -0.322 e.